The first kappa shape index (κ1) is 22.5. The first-order valence-electron chi connectivity index (χ1n) is 9.88. The number of nitrogens with zero attached hydrogens (tertiary/aromatic N) is 3. The summed E-state index contributed by atoms with van der Waals surface area (Å²) in [5.41, 5.74) is -1.70. The molecule has 12 heteroatoms. The van der Waals surface area contributed by atoms with Crippen LogP contribution in [-0.2, 0) is 21.2 Å². The predicted molar refractivity (Wildman–Crippen MR) is 109 cm³/mol. The largest absolute Gasteiger partial charge is 0.480 e. The summed E-state index contributed by atoms with van der Waals surface area (Å²) in [6.07, 6.45) is -3.58. The molecule has 2 aromatic rings. The van der Waals surface area contributed by atoms with Gasteiger partial charge in [0.25, 0.3) is 10.2 Å². The number of hydrogen-bond acceptors (Lipinski definition) is 5. The van der Waals surface area contributed by atoms with Gasteiger partial charge in [-0.05, 0) is 24.1 Å². The lowest BCUT2D eigenvalue weighted by Gasteiger charge is -2.35. The second-order valence-corrected chi connectivity index (χ2v) is 9.51. The highest BCUT2D eigenvalue weighted by molar-refractivity contribution is 7.87. The molecule has 2 heterocycles. The van der Waals surface area contributed by atoms with E-state index in [0.29, 0.717) is 5.82 Å². The van der Waals surface area contributed by atoms with E-state index in [2.05, 4.69) is 9.71 Å². The van der Waals surface area contributed by atoms with Gasteiger partial charge in [-0.1, -0.05) is 30.3 Å². The van der Waals surface area contributed by atoms with E-state index in [1.54, 1.807) is 35.2 Å². The summed E-state index contributed by atoms with van der Waals surface area (Å²) >= 11 is 0. The van der Waals surface area contributed by atoms with Gasteiger partial charge in [0.1, 0.15) is 11.4 Å². The van der Waals surface area contributed by atoms with Gasteiger partial charge in [0.15, 0.2) is 0 Å². The van der Waals surface area contributed by atoms with Crippen molar-refractivity contribution in [2.75, 3.05) is 31.1 Å². The van der Waals surface area contributed by atoms with E-state index < -0.39 is 39.4 Å². The van der Waals surface area contributed by atoms with Crippen LogP contribution < -0.4 is 9.62 Å². The zero-order chi connectivity index (χ0) is 23.1. The van der Waals surface area contributed by atoms with E-state index >= 15 is 0 Å². The zero-order valence-corrected chi connectivity index (χ0v) is 17.6. The summed E-state index contributed by atoms with van der Waals surface area (Å²) in [5, 5.41) is 9.73. The molecule has 32 heavy (non-hydrogen) atoms. The summed E-state index contributed by atoms with van der Waals surface area (Å²) < 4.78 is 67.5. The lowest BCUT2D eigenvalue weighted by Crippen LogP contribution is -2.56. The van der Waals surface area contributed by atoms with Crippen molar-refractivity contribution < 1.29 is 31.5 Å². The maximum atomic E-state index is 12.9. The summed E-state index contributed by atoms with van der Waals surface area (Å²) in [6.45, 7) is 0.510. The lowest BCUT2D eigenvalue weighted by atomic mass is 10.1. The second kappa shape index (κ2) is 8.01. The number of halogens is 3. The van der Waals surface area contributed by atoms with Crippen LogP contribution in [0.4, 0.5) is 19.0 Å². The van der Waals surface area contributed by atoms with E-state index in [1.165, 1.54) is 6.07 Å². The standard InChI is InChI=1S/C20H21F3N4O4S/c21-20(22,23)15-6-7-17(24-13-15)26-8-10-27(11-9-26)32(30,31)25-19(18(28)29)12-16(19)14-4-2-1-3-5-14/h1-7,13,16,25H,8-12H2,(H,28,29)/t16-,19?/m0/s1. The Labute approximate surface area is 182 Å². The summed E-state index contributed by atoms with van der Waals surface area (Å²) in [7, 11) is -4.09. The van der Waals surface area contributed by atoms with Gasteiger partial charge in [-0.3, -0.25) is 4.79 Å². The fraction of sp³-hybridized carbons (Fsp3) is 0.400. The number of carbonyl (C=O) groups is 1. The summed E-state index contributed by atoms with van der Waals surface area (Å²) in [4.78, 5) is 17.4. The Balaban J connectivity index is 1.41. The molecule has 172 valence electrons. The molecule has 1 aliphatic heterocycles. The Morgan fingerprint density at radius 2 is 1.75 bits per heavy atom. The minimum absolute atomic E-state index is 0.0454. The van der Waals surface area contributed by atoms with Crippen LogP contribution in [0.1, 0.15) is 23.5 Å². The minimum atomic E-state index is -4.48. The number of piperazine rings is 1. The third-order valence-corrected chi connectivity index (χ3v) is 7.50. The molecule has 1 aromatic heterocycles. The summed E-state index contributed by atoms with van der Waals surface area (Å²) in [6, 6.07) is 11.0. The van der Waals surface area contributed by atoms with Gasteiger partial charge in [-0.25, -0.2) is 4.98 Å². The van der Waals surface area contributed by atoms with Gasteiger partial charge < -0.3 is 10.0 Å². The van der Waals surface area contributed by atoms with E-state index in [0.717, 1.165) is 22.1 Å². The van der Waals surface area contributed by atoms with Gasteiger partial charge in [-0.2, -0.15) is 30.6 Å². The third kappa shape index (κ3) is 4.30. The molecular weight excluding hydrogens is 449 g/mol. The predicted octanol–water partition coefficient (Wildman–Crippen LogP) is 2.07. The molecular formula is C20H21F3N4O4S. The van der Waals surface area contributed by atoms with Gasteiger partial charge in [0.2, 0.25) is 0 Å². The molecule has 2 N–H and O–H groups in total. The van der Waals surface area contributed by atoms with Crippen LogP contribution in [0.3, 0.4) is 0 Å². The fourth-order valence-corrected chi connectivity index (χ4v) is 5.48. The molecule has 1 aliphatic carbocycles. The van der Waals surface area contributed by atoms with Crippen LogP contribution in [-0.4, -0.2) is 60.5 Å². The number of aromatic nitrogens is 1. The Morgan fingerprint density at radius 3 is 2.28 bits per heavy atom. The third-order valence-electron chi connectivity index (χ3n) is 5.83. The molecule has 1 aromatic carbocycles. The highest BCUT2D eigenvalue weighted by atomic mass is 32.2. The number of hydrogen-bond donors (Lipinski definition) is 2. The smallest absolute Gasteiger partial charge is 0.417 e. The number of aliphatic carboxylic acids is 1. The number of anilines is 1. The number of nitrogens with one attached hydrogen (secondary N) is 1. The minimum Gasteiger partial charge on any atom is -0.480 e. The topological polar surface area (TPSA) is 103 Å². The quantitative estimate of drug-likeness (QED) is 0.670. The van der Waals surface area contributed by atoms with Gasteiger partial charge in [-0.15, -0.1) is 0 Å². The molecule has 1 saturated heterocycles. The molecule has 8 nitrogen and oxygen atoms in total. The van der Waals surface area contributed by atoms with Gasteiger partial charge >= 0.3 is 12.1 Å². The number of carboxylic acid groups (broad SMARTS) is 1. The molecule has 0 bridgehead atoms. The molecule has 2 fully saturated rings. The Bertz CT molecular complexity index is 1090. The molecule has 1 unspecified atom stereocenters. The van der Waals surface area contributed by atoms with Gasteiger partial charge in [0.05, 0.1) is 5.56 Å². The SMILES string of the molecule is O=C(O)C1(NS(=O)(=O)N2CCN(c3ccc(C(F)(F)F)cn3)CC2)C[C@H]1c1ccccc1. The van der Waals surface area contributed by atoms with Crippen molar-refractivity contribution in [2.45, 2.75) is 24.1 Å². The molecule has 4 rings (SSSR count). The molecule has 2 atom stereocenters. The van der Waals surface area contributed by atoms with Crippen LogP contribution in [0.5, 0.6) is 0 Å². The maximum Gasteiger partial charge on any atom is 0.417 e. The number of rotatable bonds is 6. The van der Waals surface area contributed by atoms with E-state index in [1.807, 2.05) is 0 Å². The molecule has 0 radical (unpaired) electrons. The first-order valence-corrected chi connectivity index (χ1v) is 11.3. The van der Waals surface area contributed by atoms with E-state index in [-0.39, 0.29) is 32.6 Å². The molecule has 0 amide bonds. The maximum absolute atomic E-state index is 12.9. The monoisotopic (exact) mass is 470 g/mol. The van der Waals surface area contributed by atoms with Crippen LogP contribution in [0.15, 0.2) is 48.7 Å². The normalized spacial score (nSPS) is 24.3. The van der Waals surface area contributed by atoms with Crippen molar-refractivity contribution in [1.29, 1.82) is 0 Å². The number of benzene rings is 1. The zero-order valence-electron chi connectivity index (χ0n) is 16.8. The molecule has 1 saturated carbocycles. The average molecular weight is 470 g/mol. The fourth-order valence-electron chi connectivity index (χ4n) is 3.94. The second-order valence-electron chi connectivity index (χ2n) is 7.84. The summed E-state index contributed by atoms with van der Waals surface area (Å²) in [5.74, 6) is -1.38. The first-order chi connectivity index (χ1) is 15.0. The van der Waals surface area contributed by atoms with Crippen molar-refractivity contribution in [3.63, 3.8) is 0 Å². The molecule has 2 aliphatic rings. The number of alkyl halides is 3. The van der Waals surface area contributed by atoms with Crippen molar-refractivity contribution in [2.24, 2.45) is 0 Å². The number of carboxylic acids is 1. The Kier molecular flexibility index (Phi) is 5.63. The highest BCUT2D eigenvalue weighted by Gasteiger charge is 2.63. The van der Waals surface area contributed by atoms with Crippen LogP contribution >= 0.6 is 0 Å². The van der Waals surface area contributed by atoms with Crippen molar-refractivity contribution >= 4 is 22.0 Å². The van der Waals surface area contributed by atoms with E-state index in [9.17, 15) is 31.5 Å². The average Bonchev–Trinajstić information content (AvgIpc) is 3.49. The Hall–Kier alpha value is -2.70. The lowest BCUT2D eigenvalue weighted by molar-refractivity contribution is -0.140. The van der Waals surface area contributed by atoms with Crippen LogP contribution in [0, 0.1) is 0 Å². The van der Waals surface area contributed by atoms with Crippen molar-refractivity contribution in [3.05, 3.63) is 59.8 Å². The van der Waals surface area contributed by atoms with Crippen LogP contribution in [0.2, 0.25) is 0 Å². The highest BCUT2D eigenvalue weighted by Crippen LogP contribution is 2.52. The molecule has 0 spiro atoms. The Morgan fingerprint density at radius 1 is 1.09 bits per heavy atom. The van der Waals surface area contributed by atoms with E-state index in [4.69, 9.17) is 0 Å². The van der Waals surface area contributed by atoms with Gasteiger partial charge in [0, 0.05) is 38.3 Å². The van der Waals surface area contributed by atoms with Crippen molar-refractivity contribution in [1.82, 2.24) is 14.0 Å². The number of pyridine rings is 1. The van der Waals surface area contributed by atoms with Crippen molar-refractivity contribution in [3.8, 4) is 0 Å². The van der Waals surface area contributed by atoms with Crippen LogP contribution in [0.25, 0.3) is 0 Å².